The van der Waals surface area contributed by atoms with Crippen LogP contribution in [0.4, 0.5) is 9.39 Å². The van der Waals surface area contributed by atoms with E-state index in [0.29, 0.717) is 21.7 Å². The van der Waals surface area contributed by atoms with E-state index in [1.807, 2.05) is 6.92 Å². The minimum Gasteiger partial charge on any atom is -0.365 e. The van der Waals surface area contributed by atoms with Crippen LogP contribution in [0.2, 0.25) is 0 Å². The van der Waals surface area contributed by atoms with E-state index in [9.17, 15) is 14.0 Å². The molecule has 2 heterocycles. The Hall–Kier alpha value is -3.06. The number of hydrogen-bond acceptors (Lipinski definition) is 4. The normalized spacial score (nSPS) is 10.5. The molecule has 0 bridgehead atoms. The molecule has 0 fully saturated rings. The van der Waals surface area contributed by atoms with Crippen LogP contribution < -0.4 is 11.1 Å². The Balaban J connectivity index is 2.03. The topological polar surface area (TPSA) is 85.1 Å². The van der Waals surface area contributed by atoms with Gasteiger partial charge in [-0.05, 0) is 36.8 Å². The molecule has 2 amide bonds. The van der Waals surface area contributed by atoms with Crippen molar-refractivity contribution in [2.24, 2.45) is 5.73 Å². The molecule has 0 radical (unpaired) electrons. The first kappa shape index (κ1) is 16.8. The molecule has 7 heteroatoms. The summed E-state index contributed by atoms with van der Waals surface area (Å²) in [5, 5.41) is 3.09. The number of nitrogens with one attached hydrogen (secondary N) is 1. The third kappa shape index (κ3) is 3.41. The Bertz CT molecular complexity index is 937. The van der Waals surface area contributed by atoms with Crippen molar-refractivity contribution in [3.05, 3.63) is 70.6 Å². The number of nitrogens with two attached hydrogens (primary N) is 1. The van der Waals surface area contributed by atoms with Crippen LogP contribution in [0.3, 0.4) is 0 Å². The van der Waals surface area contributed by atoms with E-state index in [2.05, 4.69) is 10.3 Å². The molecule has 0 atom stereocenters. The number of anilines is 1. The number of primary amides is 1. The lowest BCUT2D eigenvalue weighted by molar-refractivity contribution is 0.100. The average Bonchev–Trinajstić information content (AvgIpc) is 2.92. The highest BCUT2D eigenvalue weighted by molar-refractivity contribution is 7.17. The highest BCUT2D eigenvalue weighted by Gasteiger charge is 2.23. The van der Waals surface area contributed by atoms with Crippen LogP contribution in [-0.4, -0.2) is 16.8 Å². The van der Waals surface area contributed by atoms with E-state index >= 15 is 0 Å². The summed E-state index contributed by atoms with van der Waals surface area (Å²) in [6.07, 6.45) is 3.01. The van der Waals surface area contributed by atoms with Crippen LogP contribution in [0.25, 0.3) is 11.1 Å². The number of thiophene rings is 1. The fourth-order valence-corrected chi connectivity index (χ4v) is 3.59. The van der Waals surface area contributed by atoms with Gasteiger partial charge in [0.05, 0.1) is 5.56 Å². The largest absolute Gasteiger partial charge is 0.365 e. The van der Waals surface area contributed by atoms with Gasteiger partial charge in [0.25, 0.3) is 11.8 Å². The van der Waals surface area contributed by atoms with E-state index in [4.69, 9.17) is 5.73 Å². The van der Waals surface area contributed by atoms with Crippen LogP contribution in [0.1, 0.15) is 25.6 Å². The van der Waals surface area contributed by atoms with Crippen molar-refractivity contribution in [1.29, 1.82) is 0 Å². The summed E-state index contributed by atoms with van der Waals surface area (Å²) < 4.78 is 13.2. The SMILES string of the molecule is Cc1sc(NC(=O)c2ccncc2)c(C(N)=O)c1-c1ccc(F)cc1. The fraction of sp³-hybridized carbons (Fsp3) is 0.0556. The highest BCUT2D eigenvalue weighted by Crippen LogP contribution is 2.39. The zero-order chi connectivity index (χ0) is 18.0. The van der Waals surface area contributed by atoms with Gasteiger partial charge < -0.3 is 11.1 Å². The Morgan fingerprint density at radius 1 is 1.12 bits per heavy atom. The van der Waals surface area contributed by atoms with Crippen molar-refractivity contribution >= 4 is 28.2 Å². The quantitative estimate of drug-likeness (QED) is 0.750. The van der Waals surface area contributed by atoms with Gasteiger partial charge in [0.2, 0.25) is 0 Å². The maximum Gasteiger partial charge on any atom is 0.256 e. The van der Waals surface area contributed by atoms with Gasteiger partial charge in [-0.3, -0.25) is 14.6 Å². The maximum absolute atomic E-state index is 13.2. The first-order valence-electron chi connectivity index (χ1n) is 7.38. The fourth-order valence-electron chi connectivity index (χ4n) is 2.51. The highest BCUT2D eigenvalue weighted by atomic mass is 32.1. The van der Waals surface area contributed by atoms with Gasteiger partial charge in [-0.1, -0.05) is 12.1 Å². The molecule has 0 aliphatic carbocycles. The molecule has 3 rings (SSSR count). The molecule has 0 saturated carbocycles. The minimum atomic E-state index is -0.659. The van der Waals surface area contributed by atoms with E-state index in [1.54, 1.807) is 24.3 Å². The van der Waals surface area contributed by atoms with Gasteiger partial charge in [0, 0.05) is 28.4 Å². The molecule has 0 spiro atoms. The van der Waals surface area contributed by atoms with E-state index in [1.165, 1.54) is 35.9 Å². The van der Waals surface area contributed by atoms with Crippen molar-refractivity contribution in [3.8, 4) is 11.1 Å². The molecular formula is C18H14FN3O2S. The number of carbonyl (C=O) groups excluding carboxylic acids is 2. The summed E-state index contributed by atoms with van der Waals surface area (Å²) in [6.45, 7) is 1.82. The van der Waals surface area contributed by atoms with Crippen LogP contribution in [0.5, 0.6) is 0 Å². The lowest BCUT2D eigenvalue weighted by Crippen LogP contribution is -2.17. The van der Waals surface area contributed by atoms with Crippen molar-refractivity contribution in [2.75, 3.05) is 5.32 Å². The van der Waals surface area contributed by atoms with Gasteiger partial charge in [0.1, 0.15) is 10.8 Å². The van der Waals surface area contributed by atoms with E-state index in [0.717, 1.165) is 4.88 Å². The Kier molecular flexibility index (Phi) is 4.58. The van der Waals surface area contributed by atoms with Crippen LogP contribution in [-0.2, 0) is 0 Å². The standard InChI is InChI=1S/C18H14FN3O2S/c1-10-14(11-2-4-13(19)5-3-11)15(16(20)23)18(25-10)22-17(24)12-6-8-21-9-7-12/h2-9H,1H3,(H2,20,23)(H,22,24). The van der Waals surface area contributed by atoms with Crippen LogP contribution >= 0.6 is 11.3 Å². The van der Waals surface area contributed by atoms with Gasteiger partial charge in [-0.2, -0.15) is 0 Å². The van der Waals surface area contributed by atoms with Crippen molar-refractivity contribution in [2.45, 2.75) is 6.92 Å². The molecule has 25 heavy (non-hydrogen) atoms. The Morgan fingerprint density at radius 2 is 1.76 bits per heavy atom. The molecule has 0 aliphatic rings. The van der Waals surface area contributed by atoms with E-state index < -0.39 is 5.91 Å². The Labute approximate surface area is 147 Å². The maximum atomic E-state index is 13.2. The van der Waals surface area contributed by atoms with Gasteiger partial charge >= 0.3 is 0 Å². The van der Waals surface area contributed by atoms with Gasteiger partial charge in [-0.15, -0.1) is 11.3 Å². The summed E-state index contributed by atoms with van der Waals surface area (Å²) in [6, 6.07) is 8.91. The monoisotopic (exact) mass is 355 g/mol. The van der Waals surface area contributed by atoms with Crippen LogP contribution in [0, 0.1) is 12.7 Å². The number of benzene rings is 1. The second kappa shape index (κ2) is 6.82. The second-order valence-corrected chi connectivity index (χ2v) is 6.52. The molecule has 0 unspecified atom stereocenters. The number of halogens is 1. The Morgan fingerprint density at radius 3 is 2.36 bits per heavy atom. The average molecular weight is 355 g/mol. The number of nitrogens with zero attached hydrogens (tertiary/aromatic N) is 1. The number of hydrogen-bond donors (Lipinski definition) is 2. The predicted octanol–water partition coefficient (Wildman–Crippen LogP) is 3.61. The van der Waals surface area contributed by atoms with E-state index in [-0.39, 0.29) is 17.3 Å². The molecule has 0 saturated heterocycles. The number of aryl methyl sites for hydroxylation is 1. The molecular weight excluding hydrogens is 341 g/mol. The molecule has 3 aromatic rings. The van der Waals surface area contributed by atoms with Crippen molar-refractivity contribution < 1.29 is 14.0 Å². The zero-order valence-electron chi connectivity index (χ0n) is 13.2. The summed E-state index contributed by atoms with van der Waals surface area (Å²) in [5.74, 6) is -1.39. The first-order chi connectivity index (χ1) is 12.0. The lowest BCUT2D eigenvalue weighted by Gasteiger charge is -2.07. The number of amides is 2. The van der Waals surface area contributed by atoms with Crippen molar-refractivity contribution in [1.82, 2.24) is 4.98 Å². The summed E-state index contributed by atoms with van der Waals surface area (Å²) in [7, 11) is 0. The number of rotatable bonds is 4. The number of pyridine rings is 1. The number of aromatic nitrogens is 1. The first-order valence-corrected chi connectivity index (χ1v) is 8.19. The minimum absolute atomic E-state index is 0.219. The predicted molar refractivity (Wildman–Crippen MR) is 95.2 cm³/mol. The lowest BCUT2D eigenvalue weighted by atomic mass is 10.0. The van der Waals surface area contributed by atoms with Gasteiger partial charge in [-0.25, -0.2) is 4.39 Å². The molecule has 1 aromatic carbocycles. The van der Waals surface area contributed by atoms with Crippen LogP contribution in [0.15, 0.2) is 48.8 Å². The summed E-state index contributed by atoms with van der Waals surface area (Å²) in [4.78, 5) is 29.0. The third-order valence-electron chi connectivity index (χ3n) is 3.63. The zero-order valence-corrected chi connectivity index (χ0v) is 14.1. The molecule has 0 aliphatic heterocycles. The molecule has 5 nitrogen and oxygen atoms in total. The smallest absolute Gasteiger partial charge is 0.256 e. The number of carbonyl (C=O) groups is 2. The van der Waals surface area contributed by atoms with Crippen molar-refractivity contribution in [3.63, 3.8) is 0 Å². The molecule has 3 N–H and O–H groups in total. The third-order valence-corrected chi connectivity index (χ3v) is 4.65. The second-order valence-electron chi connectivity index (χ2n) is 5.30. The molecule has 2 aromatic heterocycles. The summed E-state index contributed by atoms with van der Waals surface area (Å²) in [5.41, 5.74) is 7.44. The van der Waals surface area contributed by atoms with Gasteiger partial charge in [0.15, 0.2) is 0 Å². The molecule has 126 valence electrons. The summed E-state index contributed by atoms with van der Waals surface area (Å²) >= 11 is 1.25.